The van der Waals surface area contributed by atoms with Gasteiger partial charge in [-0.2, -0.15) is 0 Å². The predicted molar refractivity (Wildman–Crippen MR) is 110 cm³/mol. The monoisotopic (exact) mass is 402 g/mol. The molecule has 1 fully saturated rings. The first kappa shape index (κ1) is 18.3. The van der Waals surface area contributed by atoms with Gasteiger partial charge in [-0.25, -0.2) is 13.9 Å². The van der Waals surface area contributed by atoms with Gasteiger partial charge in [0.25, 0.3) is 5.56 Å². The number of fused-ring (bicyclic) bond motifs is 1. The summed E-state index contributed by atoms with van der Waals surface area (Å²) in [5.74, 6) is -0.381. The molecule has 30 heavy (non-hydrogen) atoms. The highest BCUT2D eigenvalue weighted by Gasteiger charge is 2.32. The van der Waals surface area contributed by atoms with Crippen molar-refractivity contribution < 1.29 is 9.18 Å². The lowest BCUT2D eigenvalue weighted by Crippen LogP contribution is -2.24. The van der Waals surface area contributed by atoms with Crippen molar-refractivity contribution >= 4 is 11.6 Å². The molecule has 6 nitrogen and oxygen atoms in total. The molecule has 1 amide bonds. The van der Waals surface area contributed by atoms with Crippen LogP contribution in [0, 0.1) is 5.82 Å². The average molecular weight is 402 g/mol. The molecule has 0 spiro atoms. The number of aromatic nitrogens is 3. The number of likely N-dealkylation sites (tertiary alicyclic amines) is 1. The first-order valence-electron chi connectivity index (χ1n) is 9.77. The van der Waals surface area contributed by atoms with Crippen LogP contribution < -0.4 is 5.56 Å². The van der Waals surface area contributed by atoms with Crippen LogP contribution >= 0.6 is 0 Å². The van der Waals surface area contributed by atoms with Gasteiger partial charge in [-0.1, -0.05) is 30.3 Å². The number of rotatable bonds is 4. The number of hydrogen-bond donors (Lipinski definition) is 1. The summed E-state index contributed by atoms with van der Waals surface area (Å²) < 4.78 is 14.6. The van der Waals surface area contributed by atoms with Crippen LogP contribution in [-0.4, -0.2) is 31.9 Å². The standard InChI is InChI=1S/C23H19FN4O2/c24-18-8-6-16(7-9-18)20-11-21-25-19(12-23(30)28(21)26-20)17-10-22(29)27(14-17)13-15-4-2-1-3-5-15/h1-9,11-12,17,26H,10,13-14H2. The summed E-state index contributed by atoms with van der Waals surface area (Å²) in [4.78, 5) is 31.6. The van der Waals surface area contributed by atoms with Crippen LogP contribution in [0.4, 0.5) is 4.39 Å². The number of nitrogens with one attached hydrogen (secondary N) is 1. The number of carbonyl (C=O) groups is 1. The van der Waals surface area contributed by atoms with Crippen molar-refractivity contribution in [1.29, 1.82) is 0 Å². The molecule has 0 bridgehead atoms. The average Bonchev–Trinajstić information content (AvgIpc) is 3.34. The van der Waals surface area contributed by atoms with Crippen molar-refractivity contribution in [3.8, 4) is 11.3 Å². The molecule has 7 heteroatoms. The Hall–Kier alpha value is -3.74. The van der Waals surface area contributed by atoms with E-state index in [0.717, 1.165) is 11.1 Å². The van der Waals surface area contributed by atoms with Crippen LogP contribution in [0.3, 0.4) is 0 Å². The zero-order valence-electron chi connectivity index (χ0n) is 16.1. The van der Waals surface area contributed by atoms with Gasteiger partial charge in [0.15, 0.2) is 5.65 Å². The Labute approximate surface area is 171 Å². The van der Waals surface area contributed by atoms with E-state index in [1.165, 1.54) is 22.7 Å². The summed E-state index contributed by atoms with van der Waals surface area (Å²) in [5.41, 5.74) is 3.36. The largest absolute Gasteiger partial charge is 0.338 e. The fourth-order valence-electron chi connectivity index (χ4n) is 3.92. The lowest BCUT2D eigenvalue weighted by atomic mass is 10.0. The molecule has 1 N–H and O–H groups in total. The summed E-state index contributed by atoms with van der Waals surface area (Å²) in [6, 6.07) is 19.1. The van der Waals surface area contributed by atoms with Gasteiger partial charge >= 0.3 is 0 Å². The molecule has 4 aromatic rings. The zero-order valence-corrected chi connectivity index (χ0v) is 16.1. The van der Waals surface area contributed by atoms with E-state index < -0.39 is 0 Å². The minimum absolute atomic E-state index is 0.0620. The highest BCUT2D eigenvalue weighted by atomic mass is 19.1. The van der Waals surface area contributed by atoms with Crippen LogP contribution in [0.2, 0.25) is 0 Å². The predicted octanol–water partition coefficient (Wildman–Crippen LogP) is 3.34. The number of amides is 1. The van der Waals surface area contributed by atoms with Gasteiger partial charge < -0.3 is 4.90 Å². The molecule has 2 aromatic carbocycles. The Kier molecular flexibility index (Phi) is 4.43. The van der Waals surface area contributed by atoms with Crippen molar-refractivity contribution in [1.82, 2.24) is 19.5 Å². The van der Waals surface area contributed by atoms with Crippen LogP contribution in [0.15, 0.2) is 71.5 Å². The highest BCUT2D eigenvalue weighted by Crippen LogP contribution is 2.28. The number of aromatic amines is 1. The van der Waals surface area contributed by atoms with Gasteiger partial charge in [0, 0.05) is 37.6 Å². The van der Waals surface area contributed by atoms with Crippen LogP contribution in [0.1, 0.15) is 23.6 Å². The van der Waals surface area contributed by atoms with Gasteiger partial charge in [-0.05, 0) is 35.4 Å². The Morgan fingerprint density at radius 2 is 1.80 bits per heavy atom. The second-order valence-corrected chi connectivity index (χ2v) is 7.55. The Balaban J connectivity index is 1.43. The molecular formula is C23H19FN4O2. The maximum atomic E-state index is 13.2. The second kappa shape index (κ2) is 7.26. The van der Waals surface area contributed by atoms with Gasteiger partial charge in [0.2, 0.25) is 5.91 Å². The molecule has 1 saturated heterocycles. The zero-order chi connectivity index (χ0) is 20.7. The number of halogens is 1. The molecule has 1 atom stereocenters. The molecule has 150 valence electrons. The third-order valence-electron chi connectivity index (χ3n) is 5.47. The van der Waals surface area contributed by atoms with E-state index in [1.54, 1.807) is 18.2 Å². The Morgan fingerprint density at radius 3 is 2.57 bits per heavy atom. The summed E-state index contributed by atoms with van der Waals surface area (Å²) >= 11 is 0. The fourth-order valence-corrected chi connectivity index (χ4v) is 3.92. The number of carbonyl (C=O) groups excluding carboxylic acids is 1. The summed E-state index contributed by atoms with van der Waals surface area (Å²) in [6.45, 7) is 1.09. The van der Waals surface area contributed by atoms with Gasteiger partial charge in [0.05, 0.1) is 11.4 Å². The van der Waals surface area contributed by atoms with Crippen molar-refractivity contribution in [2.24, 2.45) is 0 Å². The van der Waals surface area contributed by atoms with E-state index in [-0.39, 0.29) is 23.2 Å². The second-order valence-electron chi connectivity index (χ2n) is 7.55. The SMILES string of the molecule is O=C1CC(c2cc(=O)n3[nH]c(-c4ccc(F)cc4)cc3n2)CN1Cc1ccccc1. The molecule has 5 rings (SSSR count). The number of H-pyrrole nitrogens is 1. The molecule has 1 aliphatic heterocycles. The van der Waals surface area contributed by atoms with Crippen molar-refractivity contribution in [3.63, 3.8) is 0 Å². The smallest absolute Gasteiger partial charge is 0.272 e. The number of hydrogen-bond acceptors (Lipinski definition) is 3. The first-order chi connectivity index (χ1) is 14.6. The van der Waals surface area contributed by atoms with E-state index in [1.807, 2.05) is 35.2 Å². The maximum absolute atomic E-state index is 13.2. The fraction of sp³-hybridized carbons (Fsp3) is 0.174. The molecule has 1 unspecified atom stereocenters. The first-order valence-corrected chi connectivity index (χ1v) is 9.77. The van der Waals surface area contributed by atoms with E-state index in [0.29, 0.717) is 36.5 Å². The number of nitrogens with zero attached hydrogens (tertiary/aromatic N) is 3. The molecule has 0 radical (unpaired) electrons. The molecule has 0 saturated carbocycles. The molecule has 0 aliphatic carbocycles. The van der Waals surface area contributed by atoms with E-state index in [2.05, 4.69) is 10.1 Å². The van der Waals surface area contributed by atoms with Crippen molar-refractivity contribution in [3.05, 3.63) is 94.2 Å². The minimum Gasteiger partial charge on any atom is -0.338 e. The Bertz CT molecular complexity index is 1280. The Morgan fingerprint density at radius 1 is 1.03 bits per heavy atom. The third kappa shape index (κ3) is 3.39. The molecule has 1 aliphatic rings. The number of benzene rings is 2. The van der Waals surface area contributed by atoms with E-state index in [9.17, 15) is 14.0 Å². The minimum atomic E-state index is -0.321. The summed E-state index contributed by atoms with van der Waals surface area (Å²) in [5, 5.41) is 3.01. The normalized spacial score (nSPS) is 16.5. The van der Waals surface area contributed by atoms with Crippen LogP contribution in [0.5, 0.6) is 0 Å². The quantitative estimate of drug-likeness (QED) is 0.569. The van der Waals surface area contributed by atoms with Crippen molar-refractivity contribution in [2.75, 3.05) is 6.54 Å². The molecular weight excluding hydrogens is 383 g/mol. The highest BCUT2D eigenvalue weighted by molar-refractivity contribution is 5.79. The summed E-state index contributed by atoms with van der Waals surface area (Å²) in [7, 11) is 0. The summed E-state index contributed by atoms with van der Waals surface area (Å²) in [6.07, 6.45) is 0.338. The van der Waals surface area contributed by atoms with Gasteiger partial charge in [-0.3, -0.25) is 14.7 Å². The van der Waals surface area contributed by atoms with Gasteiger partial charge in [0.1, 0.15) is 5.82 Å². The van der Waals surface area contributed by atoms with Gasteiger partial charge in [-0.15, -0.1) is 0 Å². The topological polar surface area (TPSA) is 70.5 Å². The lowest BCUT2D eigenvalue weighted by Gasteiger charge is -2.16. The van der Waals surface area contributed by atoms with E-state index in [4.69, 9.17) is 0 Å². The van der Waals surface area contributed by atoms with E-state index >= 15 is 0 Å². The lowest BCUT2D eigenvalue weighted by molar-refractivity contribution is -0.128. The van der Waals surface area contributed by atoms with Crippen LogP contribution in [0.25, 0.3) is 16.9 Å². The maximum Gasteiger partial charge on any atom is 0.272 e. The molecule has 3 heterocycles. The molecule has 2 aromatic heterocycles. The third-order valence-corrected chi connectivity index (χ3v) is 5.47. The van der Waals surface area contributed by atoms with Crippen molar-refractivity contribution in [2.45, 2.75) is 18.9 Å². The van der Waals surface area contributed by atoms with Crippen LogP contribution in [-0.2, 0) is 11.3 Å².